The van der Waals surface area contributed by atoms with Crippen LogP contribution in [-0.2, 0) is 13.1 Å². The third kappa shape index (κ3) is 4.57. The predicted octanol–water partition coefficient (Wildman–Crippen LogP) is 1.55. The Morgan fingerprint density at radius 1 is 1.35 bits per heavy atom. The first kappa shape index (κ1) is 18.3. The van der Waals surface area contributed by atoms with E-state index in [4.69, 9.17) is 4.52 Å². The third-order valence-electron chi connectivity index (χ3n) is 4.21. The summed E-state index contributed by atoms with van der Waals surface area (Å²) in [4.78, 5) is 12.9. The highest BCUT2D eigenvalue weighted by atomic mass is 19.3. The first-order chi connectivity index (χ1) is 12.7. The Bertz CT molecular complexity index is 693. The summed E-state index contributed by atoms with van der Waals surface area (Å²) in [5.74, 6) is 0.970. The van der Waals surface area contributed by atoms with Gasteiger partial charge in [-0.2, -0.15) is 8.78 Å². The number of hydrogen-bond acceptors (Lipinski definition) is 5. The lowest BCUT2D eigenvalue weighted by Gasteiger charge is -2.36. The number of hydrogen-bond donors (Lipinski definition) is 1. The predicted molar refractivity (Wildman–Crippen MR) is 91.6 cm³/mol. The highest BCUT2D eigenvalue weighted by molar-refractivity contribution is 5.80. The van der Waals surface area contributed by atoms with E-state index < -0.39 is 6.55 Å². The minimum atomic E-state index is -2.61. The lowest BCUT2D eigenvalue weighted by Crippen LogP contribution is -2.52. The standard InChI is InChI=1S/C16H23F2N7O/c1-2-19-16(21-11-14-20-4-5-25(14)15(17)18)24-8-6-23(7-9-24)12-13-3-10-26-22-13/h3-5,10,15H,2,6-9,11-12H2,1H3,(H,19,21). The largest absolute Gasteiger partial charge is 0.364 e. The quantitative estimate of drug-likeness (QED) is 0.617. The Kier molecular flexibility index (Phi) is 6.16. The maximum Gasteiger partial charge on any atom is 0.319 e. The Balaban J connectivity index is 1.58. The van der Waals surface area contributed by atoms with Crippen molar-refractivity contribution in [3.63, 3.8) is 0 Å². The van der Waals surface area contributed by atoms with E-state index >= 15 is 0 Å². The van der Waals surface area contributed by atoms with Crippen LogP contribution in [0.3, 0.4) is 0 Å². The first-order valence-electron chi connectivity index (χ1n) is 8.62. The van der Waals surface area contributed by atoms with E-state index in [-0.39, 0.29) is 12.4 Å². The molecular weight excluding hydrogens is 344 g/mol. The minimum absolute atomic E-state index is 0.110. The van der Waals surface area contributed by atoms with Gasteiger partial charge < -0.3 is 14.7 Å². The molecule has 1 N–H and O–H groups in total. The van der Waals surface area contributed by atoms with Crippen LogP contribution >= 0.6 is 0 Å². The van der Waals surface area contributed by atoms with Gasteiger partial charge in [0.2, 0.25) is 0 Å². The van der Waals surface area contributed by atoms with E-state index in [2.05, 4.69) is 30.2 Å². The van der Waals surface area contributed by atoms with Crippen LogP contribution in [0, 0.1) is 0 Å². The van der Waals surface area contributed by atoms with Gasteiger partial charge in [0.05, 0.1) is 5.69 Å². The molecule has 1 fully saturated rings. The topological polar surface area (TPSA) is 74.7 Å². The summed E-state index contributed by atoms with van der Waals surface area (Å²) in [5, 5.41) is 7.17. The van der Waals surface area contributed by atoms with Crippen LogP contribution in [0.5, 0.6) is 0 Å². The van der Waals surface area contributed by atoms with Crippen LogP contribution < -0.4 is 5.32 Å². The molecule has 0 aliphatic carbocycles. The molecule has 3 rings (SSSR count). The number of imidazole rings is 1. The van der Waals surface area contributed by atoms with Crippen LogP contribution in [0.4, 0.5) is 8.78 Å². The second-order valence-corrected chi connectivity index (χ2v) is 5.95. The SMILES string of the molecule is CCNC(=NCc1nccn1C(F)F)N1CCN(Cc2ccon2)CC1. The number of alkyl halides is 2. The van der Waals surface area contributed by atoms with Crippen molar-refractivity contribution in [3.8, 4) is 0 Å². The fraction of sp³-hybridized carbons (Fsp3) is 0.562. The zero-order chi connectivity index (χ0) is 18.4. The average molecular weight is 367 g/mol. The molecule has 26 heavy (non-hydrogen) atoms. The molecule has 2 aromatic rings. The molecule has 1 aliphatic rings. The van der Waals surface area contributed by atoms with Gasteiger partial charge in [-0.25, -0.2) is 9.98 Å². The summed E-state index contributed by atoms with van der Waals surface area (Å²) in [6, 6.07) is 1.86. The molecule has 0 atom stereocenters. The van der Waals surface area contributed by atoms with Gasteiger partial charge in [-0.05, 0) is 6.92 Å². The van der Waals surface area contributed by atoms with Crippen molar-refractivity contribution in [1.82, 2.24) is 29.8 Å². The van der Waals surface area contributed by atoms with Crippen LogP contribution in [0.2, 0.25) is 0 Å². The molecule has 1 aliphatic heterocycles. The second-order valence-electron chi connectivity index (χ2n) is 5.95. The van der Waals surface area contributed by atoms with Crippen molar-refractivity contribution in [2.24, 2.45) is 4.99 Å². The third-order valence-corrected chi connectivity index (χ3v) is 4.21. The molecule has 0 amide bonds. The number of nitrogens with zero attached hydrogens (tertiary/aromatic N) is 6. The number of nitrogens with one attached hydrogen (secondary N) is 1. The van der Waals surface area contributed by atoms with E-state index in [0.29, 0.717) is 6.54 Å². The van der Waals surface area contributed by atoms with Crippen molar-refractivity contribution in [2.75, 3.05) is 32.7 Å². The molecule has 8 nitrogen and oxygen atoms in total. The summed E-state index contributed by atoms with van der Waals surface area (Å²) >= 11 is 0. The van der Waals surface area contributed by atoms with Gasteiger partial charge in [0.1, 0.15) is 18.6 Å². The van der Waals surface area contributed by atoms with Crippen molar-refractivity contribution < 1.29 is 13.3 Å². The van der Waals surface area contributed by atoms with Crippen molar-refractivity contribution in [1.29, 1.82) is 0 Å². The fourth-order valence-electron chi connectivity index (χ4n) is 2.88. The second kappa shape index (κ2) is 8.75. The zero-order valence-corrected chi connectivity index (χ0v) is 14.7. The maximum absolute atomic E-state index is 12.9. The van der Waals surface area contributed by atoms with Crippen molar-refractivity contribution in [2.45, 2.75) is 26.6 Å². The number of aromatic nitrogens is 3. The van der Waals surface area contributed by atoms with E-state index in [9.17, 15) is 8.78 Å². The van der Waals surface area contributed by atoms with Crippen molar-refractivity contribution in [3.05, 3.63) is 36.2 Å². The Hall–Kier alpha value is -2.49. The average Bonchev–Trinajstić information content (AvgIpc) is 3.31. The highest BCUT2D eigenvalue weighted by Gasteiger charge is 2.20. The number of halogens is 2. The van der Waals surface area contributed by atoms with Crippen LogP contribution in [0.25, 0.3) is 0 Å². The molecule has 0 spiro atoms. The van der Waals surface area contributed by atoms with Crippen molar-refractivity contribution >= 4 is 5.96 Å². The summed E-state index contributed by atoms with van der Waals surface area (Å²) in [6.07, 6.45) is 4.21. The van der Waals surface area contributed by atoms with Gasteiger partial charge in [-0.1, -0.05) is 5.16 Å². The summed E-state index contributed by atoms with van der Waals surface area (Å²) in [5.41, 5.74) is 0.915. The lowest BCUT2D eigenvalue weighted by molar-refractivity contribution is 0.0670. The molecule has 10 heteroatoms. The highest BCUT2D eigenvalue weighted by Crippen LogP contribution is 2.13. The molecule has 0 aromatic carbocycles. The Morgan fingerprint density at radius 2 is 2.15 bits per heavy atom. The summed E-state index contributed by atoms with van der Waals surface area (Å²) in [7, 11) is 0. The number of guanidine groups is 1. The number of aliphatic imine (C=N–C) groups is 1. The number of piperazine rings is 1. The minimum Gasteiger partial charge on any atom is -0.364 e. The maximum atomic E-state index is 12.9. The Labute approximate surface area is 150 Å². The van der Waals surface area contributed by atoms with Gasteiger partial charge in [0.15, 0.2) is 5.96 Å². The van der Waals surface area contributed by atoms with Gasteiger partial charge >= 0.3 is 6.55 Å². The molecule has 3 heterocycles. The smallest absolute Gasteiger partial charge is 0.319 e. The molecule has 2 aromatic heterocycles. The van der Waals surface area contributed by atoms with Crippen LogP contribution in [0.1, 0.15) is 25.0 Å². The van der Waals surface area contributed by atoms with Gasteiger partial charge in [0.25, 0.3) is 0 Å². The van der Waals surface area contributed by atoms with E-state index in [1.807, 2.05) is 13.0 Å². The van der Waals surface area contributed by atoms with Gasteiger partial charge in [0, 0.05) is 57.7 Å². The molecule has 0 saturated carbocycles. The van der Waals surface area contributed by atoms with E-state index in [0.717, 1.165) is 48.9 Å². The lowest BCUT2D eigenvalue weighted by atomic mass is 10.3. The monoisotopic (exact) mass is 367 g/mol. The molecule has 0 radical (unpaired) electrons. The van der Waals surface area contributed by atoms with E-state index in [1.54, 1.807) is 6.26 Å². The molecular formula is C16H23F2N7O. The summed E-state index contributed by atoms with van der Waals surface area (Å²) < 4.78 is 31.5. The normalized spacial score (nSPS) is 16.5. The molecule has 142 valence electrons. The van der Waals surface area contributed by atoms with Crippen LogP contribution in [-0.4, -0.2) is 63.2 Å². The zero-order valence-electron chi connectivity index (χ0n) is 14.7. The van der Waals surface area contributed by atoms with Crippen LogP contribution in [0.15, 0.2) is 34.2 Å². The number of rotatable bonds is 6. The van der Waals surface area contributed by atoms with E-state index in [1.165, 1.54) is 12.4 Å². The first-order valence-corrected chi connectivity index (χ1v) is 8.62. The fourth-order valence-corrected chi connectivity index (χ4v) is 2.88. The summed E-state index contributed by atoms with van der Waals surface area (Å²) in [6.45, 7) is 4.28. The van der Waals surface area contributed by atoms with Gasteiger partial charge in [-0.3, -0.25) is 9.47 Å². The Morgan fingerprint density at radius 3 is 2.81 bits per heavy atom. The molecule has 0 bridgehead atoms. The molecule has 1 saturated heterocycles. The van der Waals surface area contributed by atoms with Gasteiger partial charge in [-0.15, -0.1) is 0 Å². The molecule has 0 unspecified atom stereocenters.